The molecule has 0 aliphatic carbocycles. The van der Waals surface area contributed by atoms with Gasteiger partial charge in [-0.05, 0) is 18.1 Å². The van der Waals surface area contributed by atoms with Gasteiger partial charge >= 0.3 is 0 Å². The summed E-state index contributed by atoms with van der Waals surface area (Å²) in [6.07, 6.45) is 3.18. The van der Waals surface area contributed by atoms with Gasteiger partial charge in [-0.2, -0.15) is 5.10 Å². The van der Waals surface area contributed by atoms with E-state index in [-0.39, 0.29) is 24.4 Å². The van der Waals surface area contributed by atoms with Crippen molar-refractivity contribution in [2.45, 2.75) is 26.4 Å². The number of fused-ring (bicyclic) bond motifs is 1. The van der Waals surface area contributed by atoms with Crippen LogP contribution in [-0.2, 0) is 24.9 Å². The molecular weight excluding hydrogens is 306 g/mol. The quantitative estimate of drug-likeness (QED) is 0.763. The van der Waals surface area contributed by atoms with Crippen LogP contribution < -0.4 is 10.9 Å². The van der Waals surface area contributed by atoms with Crippen LogP contribution in [0.15, 0.2) is 41.6 Å². The molecule has 0 fully saturated rings. The number of nitrogens with one attached hydrogen (secondary N) is 1. The summed E-state index contributed by atoms with van der Waals surface area (Å²) in [5, 5.41) is 7.36. The minimum Gasteiger partial charge on any atom is -0.352 e. The summed E-state index contributed by atoms with van der Waals surface area (Å²) in [6, 6.07) is 7.91. The summed E-state index contributed by atoms with van der Waals surface area (Å²) in [7, 11) is 1.73. The molecule has 2 heterocycles. The van der Waals surface area contributed by atoms with E-state index in [4.69, 9.17) is 0 Å². The number of carbonyl (C=O) groups is 1. The van der Waals surface area contributed by atoms with Crippen LogP contribution in [-0.4, -0.2) is 25.2 Å². The lowest BCUT2D eigenvalue weighted by Crippen LogP contribution is -2.27. The van der Waals surface area contributed by atoms with Crippen molar-refractivity contribution in [2.75, 3.05) is 0 Å². The summed E-state index contributed by atoms with van der Waals surface area (Å²) in [6.45, 7) is 2.78. The van der Waals surface area contributed by atoms with Gasteiger partial charge in [0.1, 0.15) is 5.39 Å². The van der Waals surface area contributed by atoms with Gasteiger partial charge in [0.05, 0.1) is 12.5 Å². The molecule has 3 rings (SSSR count). The van der Waals surface area contributed by atoms with Crippen LogP contribution in [0.5, 0.6) is 0 Å². The van der Waals surface area contributed by atoms with Crippen LogP contribution in [0.2, 0.25) is 0 Å². The molecule has 0 aliphatic rings. The van der Waals surface area contributed by atoms with Crippen molar-refractivity contribution in [3.63, 3.8) is 0 Å². The number of aromatic nitrogens is 4. The molecule has 1 aromatic carbocycles. The SMILES string of the molecule is Cc1ccccc1CNC(=O)CCn1cnc2c(cnn2C)c1=O. The summed E-state index contributed by atoms with van der Waals surface area (Å²) in [5.74, 6) is -0.101. The lowest BCUT2D eigenvalue weighted by molar-refractivity contribution is -0.121. The van der Waals surface area contributed by atoms with E-state index in [1.165, 1.54) is 17.1 Å². The Labute approximate surface area is 138 Å². The maximum absolute atomic E-state index is 12.3. The zero-order chi connectivity index (χ0) is 17.1. The highest BCUT2D eigenvalue weighted by Gasteiger charge is 2.09. The van der Waals surface area contributed by atoms with Crippen LogP contribution in [0.4, 0.5) is 0 Å². The molecule has 7 heteroatoms. The third-order valence-electron chi connectivity index (χ3n) is 4.04. The Morgan fingerprint density at radius 3 is 2.88 bits per heavy atom. The largest absolute Gasteiger partial charge is 0.352 e. The number of hydrogen-bond donors (Lipinski definition) is 1. The van der Waals surface area contributed by atoms with Crippen LogP contribution in [0.25, 0.3) is 11.0 Å². The lowest BCUT2D eigenvalue weighted by atomic mass is 10.1. The Morgan fingerprint density at radius 2 is 2.08 bits per heavy atom. The second-order valence-electron chi connectivity index (χ2n) is 5.70. The number of carbonyl (C=O) groups excluding carboxylic acids is 1. The normalized spacial score (nSPS) is 10.9. The van der Waals surface area contributed by atoms with E-state index in [2.05, 4.69) is 15.4 Å². The fourth-order valence-electron chi connectivity index (χ4n) is 2.54. The van der Waals surface area contributed by atoms with Crippen molar-refractivity contribution < 1.29 is 4.79 Å². The molecule has 1 N–H and O–H groups in total. The molecule has 0 radical (unpaired) electrons. The number of amides is 1. The monoisotopic (exact) mass is 325 g/mol. The van der Waals surface area contributed by atoms with Gasteiger partial charge in [0, 0.05) is 26.6 Å². The first-order valence-electron chi connectivity index (χ1n) is 7.74. The second-order valence-corrected chi connectivity index (χ2v) is 5.70. The summed E-state index contributed by atoms with van der Waals surface area (Å²) in [4.78, 5) is 28.5. The Morgan fingerprint density at radius 1 is 1.29 bits per heavy atom. The zero-order valence-electron chi connectivity index (χ0n) is 13.7. The van der Waals surface area contributed by atoms with Gasteiger partial charge in [0.25, 0.3) is 5.56 Å². The molecule has 0 saturated carbocycles. The van der Waals surface area contributed by atoms with Crippen LogP contribution in [0, 0.1) is 6.92 Å². The van der Waals surface area contributed by atoms with E-state index in [1.807, 2.05) is 31.2 Å². The molecule has 0 bridgehead atoms. The highest BCUT2D eigenvalue weighted by Crippen LogP contribution is 2.06. The fourth-order valence-corrected chi connectivity index (χ4v) is 2.54. The smallest absolute Gasteiger partial charge is 0.264 e. The second kappa shape index (κ2) is 6.66. The van der Waals surface area contributed by atoms with Gasteiger partial charge in [-0.25, -0.2) is 4.98 Å². The van der Waals surface area contributed by atoms with Gasteiger partial charge in [-0.3, -0.25) is 18.8 Å². The third-order valence-corrected chi connectivity index (χ3v) is 4.04. The van der Waals surface area contributed by atoms with E-state index in [9.17, 15) is 9.59 Å². The van der Waals surface area contributed by atoms with E-state index >= 15 is 0 Å². The first-order chi connectivity index (χ1) is 11.6. The van der Waals surface area contributed by atoms with E-state index in [1.54, 1.807) is 11.7 Å². The van der Waals surface area contributed by atoms with Gasteiger partial charge in [-0.1, -0.05) is 24.3 Å². The highest BCUT2D eigenvalue weighted by molar-refractivity contribution is 5.76. The molecular formula is C17H19N5O2. The van der Waals surface area contributed by atoms with Crippen molar-refractivity contribution in [1.82, 2.24) is 24.6 Å². The molecule has 2 aromatic heterocycles. The van der Waals surface area contributed by atoms with Crippen molar-refractivity contribution in [3.05, 3.63) is 58.3 Å². The van der Waals surface area contributed by atoms with Crippen molar-refractivity contribution in [3.8, 4) is 0 Å². The third kappa shape index (κ3) is 3.19. The Kier molecular flexibility index (Phi) is 4.41. The summed E-state index contributed by atoms with van der Waals surface area (Å²) >= 11 is 0. The van der Waals surface area contributed by atoms with Crippen LogP contribution >= 0.6 is 0 Å². The molecule has 24 heavy (non-hydrogen) atoms. The molecule has 1 amide bonds. The molecule has 0 aliphatic heterocycles. The summed E-state index contributed by atoms with van der Waals surface area (Å²) in [5.41, 5.74) is 2.58. The van der Waals surface area contributed by atoms with Crippen molar-refractivity contribution in [1.29, 1.82) is 0 Å². The number of nitrogens with zero attached hydrogens (tertiary/aromatic N) is 4. The Balaban J connectivity index is 1.61. The number of rotatable bonds is 5. The topological polar surface area (TPSA) is 81.8 Å². The maximum atomic E-state index is 12.3. The first-order valence-corrected chi connectivity index (χ1v) is 7.74. The molecule has 0 unspecified atom stereocenters. The minimum absolute atomic E-state index is 0.101. The van der Waals surface area contributed by atoms with Crippen molar-refractivity contribution in [2.24, 2.45) is 7.05 Å². The molecule has 0 spiro atoms. The average molecular weight is 325 g/mol. The van der Waals surface area contributed by atoms with E-state index in [0.717, 1.165) is 11.1 Å². The average Bonchev–Trinajstić information content (AvgIpc) is 2.95. The predicted octanol–water partition coefficient (Wildman–Crippen LogP) is 1.14. The summed E-state index contributed by atoms with van der Waals surface area (Å²) < 4.78 is 2.99. The Bertz CT molecular complexity index is 942. The number of benzene rings is 1. The fraction of sp³-hybridized carbons (Fsp3) is 0.294. The van der Waals surface area contributed by atoms with Crippen LogP contribution in [0.1, 0.15) is 17.5 Å². The number of aryl methyl sites for hydroxylation is 3. The van der Waals surface area contributed by atoms with Gasteiger partial charge < -0.3 is 5.32 Å². The van der Waals surface area contributed by atoms with Gasteiger partial charge in [0.15, 0.2) is 5.65 Å². The molecule has 0 atom stereocenters. The maximum Gasteiger partial charge on any atom is 0.264 e. The molecule has 7 nitrogen and oxygen atoms in total. The lowest BCUT2D eigenvalue weighted by Gasteiger charge is -2.09. The predicted molar refractivity (Wildman–Crippen MR) is 90.4 cm³/mol. The molecule has 124 valence electrons. The van der Waals surface area contributed by atoms with Crippen LogP contribution in [0.3, 0.4) is 0 Å². The van der Waals surface area contributed by atoms with Gasteiger partial charge in [0.2, 0.25) is 5.91 Å². The Hall–Kier alpha value is -2.96. The zero-order valence-corrected chi connectivity index (χ0v) is 13.7. The first kappa shape index (κ1) is 15.9. The minimum atomic E-state index is -0.181. The van der Waals surface area contributed by atoms with E-state index < -0.39 is 0 Å². The van der Waals surface area contributed by atoms with Gasteiger partial charge in [-0.15, -0.1) is 0 Å². The van der Waals surface area contributed by atoms with Crippen molar-refractivity contribution >= 4 is 16.9 Å². The molecule has 3 aromatic rings. The number of hydrogen-bond acceptors (Lipinski definition) is 4. The van der Waals surface area contributed by atoms with E-state index in [0.29, 0.717) is 17.6 Å². The standard InChI is InChI=1S/C17H19N5O2/c1-12-5-3-4-6-13(12)9-18-15(23)7-8-22-11-19-16-14(17(22)24)10-20-21(16)2/h3-6,10-11H,7-9H2,1-2H3,(H,18,23). The molecule has 0 saturated heterocycles. The highest BCUT2D eigenvalue weighted by atomic mass is 16.1.